The van der Waals surface area contributed by atoms with Crippen LogP contribution in [0.3, 0.4) is 0 Å². The molecule has 0 bridgehead atoms. The topological polar surface area (TPSA) is 81.2 Å². The third-order valence-electron chi connectivity index (χ3n) is 2.43. The number of nitrogens with zero attached hydrogens (tertiary/aromatic N) is 3. The van der Waals surface area contributed by atoms with Crippen LogP contribution in [-0.4, -0.2) is 78.0 Å². The van der Waals surface area contributed by atoms with Crippen molar-refractivity contribution in [3.63, 3.8) is 0 Å². The largest absolute Gasteiger partial charge is 0.480 e. The Morgan fingerprint density at radius 3 is 2.56 bits per heavy atom. The molecular weight excluding hydrogens is 214 g/mol. The van der Waals surface area contributed by atoms with Crippen LogP contribution >= 0.6 is 0 Å². The van der Waals surface area contributed by atoms with E-state index in [1.165, 1.54) is 11.9 Å². The van der Waals surface area contributed by atoms with Crippen molar-refractivity contribution < 1.29 is 19.5 Å². The predicted molar refractivity (Wildman–Crippen MR) is 54.9 cm³/mol. The van der Waals surface area contributed by atoms with Crippen molar-refractivity contribution >= 4 is 17.9 Å². The number of hydrogen-bond acceptors (Lipinski definition) is 3. The molecule has 3 amide bonds. The third-order valence-corrected chi connectivity index (χ3v) is 2.43. The molecule has 1 aliphatic rings. The van der Waals surface area contributed by atoms with Gasteiger partial charge in [0.1, 0.15) is 13.1 Å². The number of carboxylic acids is 1. The number of aliphatic carboxylic acids is 1. The SMILES string of the molecule is CN1CCN(C(=O)N(C)CC(=O)O)CC1=O. The van der Waals surface area contributed by atoms with E-state index in [0.717, 1.165) is 4.90 Å². The number of piperazine rings is 1. The van der Waals surface area contributed by atoms with Crippen molar-refractivity contribution in [2.75, 3.05) is 40.3 Å². The summed E-state index contributed by atoms with van der Waals surface area (Å²) >= 11 is 0. The van der Waals surface area contributed by atoms with Crippen molar-refractivity contribution in [3.05, 3.63) is 0 Å². The van der Waals surface area contributed by atoms with Gasteiger partial charge in [-0.3, -0.25) is 9.59 Å². The molecule has 0 spiro atoms. The van der Waals surface area contributed by atoms with E-state index in [0.29, 0.717) is 13.1 Å². The number of hydrogen-bond donors (Lipinski definition) is 1. The Morgan fingerprint density at radius 2 is 2.06 bits per heavy atom. The molecule has 90 valence electrons. The first kappa shape index (κ1) is 12.3. The zero-order valence-electron chi connectivity index (χ0n) is 9.34. The number of urea groups is 1. The van der Waals surface area contributed by atoms with Gasteiger partial charge >= 0.3 is 12.0 Å². The summed E-state index contributed by atoms with van der Waals surface area (Å²) in [5.74, 6) is -1.21. The molecule has 1 saturated heterocycles. The Bertz CT molecular complexity index is 318. The van der Waals surface area contributed by atoms with Gasteiger partial charge in [0, 0.05) is 27.2 Å². The number of rotatable bonds is 2. The monoisotopic (exact) mass is 229 g/mol. The van der Waals surface area contributed by atoms with Crippen LogP contribution in [0.5, 0.6) is 0 Å². The van der Waals surface area contributed by atoms with Gasteiger partial charge in [-0.2, -0.15) is 0 Å². The van der Waals surface area contributed by atoms with E-state index in [4.69, 9.17) is 5.11 Å². The molecular formula is C9H15N3O4. The molecule has 0 saturated carbocycles. The highest BCUT2D eigenvalue weighted by Crippen LogP contribution is 2.04. The van der Waals surface area contributed by atoms with Gasteiger partial charge in [-0.15, -0.1) is 0 Å². The van der Waals surface area contributed by atoms with Crippen LogP contribution in [0.15, 0.2) is 0 Å². The number of carbonyl (C=O) groups is 3. The lowest BCUT2D eigenvalue weighted by Crippen LogP contribution is -2.54. The molecule has 0 unspecified atom stereocenters. The first-order valence-electron chi connectivity index (χ1n) is 4.87. The van der Waals surface area contributed by atoms with E-state index in [2.05, 4.69) is 0 Å². The summed E-state index contributed by atoms with van der Waals surface area (Å²) in [5, 5.41) is 8.54. The average molecular weight is 229 g/mol. The van der Waals surface area contributed by atoms with Crippen LogP contribution in [-0.2, 0) is 9.59 Å². The molecule has 0 aromatic rings. The molecule has 1 N–H and O–H groups in total. The minimum Gasteiger partial charge on any atom is -0.480 e. The Hall–Kier alpha value is -1.79. The van der Waals surface area contributed by atoms with E-state index < -0.39 is 12.0 Å². The molecule has 0 aromatic carbocycles. The quantitative estimate of drug-likeness (QED) is 0.651. The normalized spacial score (nSPS) is 16.2. The van der Waals surface area contributed by atoms with Gasteiger partial charge in [0.05, 0.1) is 0 Å². The van der Waals surface area contributed by atoms with E-state index >= 15 is 0 Å². The highest BCUT2D eigenvalue weighted by molar-refractivity contribution is 5.86. The maximum atomic E-state index is 11.7. The van der Waals surface area contributed by atoms with Crippen molar-refractivity contribution in [2.45, 2.75) is 0 Å². The fraction of sp³-hybridized carbons (Fsp3) is 0.667. The molecule has 0 radical (unpaired) electrons. The molecule has 7 heteroatoms. The van der Waals surface area contributed by atoms with Crippen molar-refractivity contribution in [1.82, 2.24) is 14.7 Å². The maximum Gasteiger partial charge on any atom is 0.323 e. The number of amides is 3. The molecule has 1 aliphatic heterocycles. The smallest absolute Gasteiger partial charge is 0.323 e. The highest BCUT2D eigenvalue weighted by atomic mass is 16.4. The van der Waals surface area contributed by atoms with Crippen LogP contribution in [0.1, 0.15) is 0 Å². The molecule has 7 nitrogen and oxygen atoms in total. The van der Waals surface area contributed by atoms with E-state index in [9.17, 15) is 14.4 Å². The van der Waals surface area contributed by atoms with Crippen LogP contribution < -0.4 is 0 Å². The van der Waals surface area contributed by atoms with E-state index in [1.54, 1.807) is 11.9 Å². The summed E-state index contributed by atoms with van der Waals surface area (Å²) in [6.45, 7) is 0.565. The van der Waals surface area contributed by atoms with Gasteiger partial charge in [-0.25, -0.2) is 4.79 Å². The van der Waals surface area contributed by atoms with Crippen LogP contribution in [0, 0.1) is 0 Å². The van der Waals surface area contributed by atoms with Crippen LogP contribution in [0.4, 0.5) is 4.79 Å². The second-order valence-corrected chi connectivity index (χ2v) is 3.77. The Morgan fingerprint density at radius 1 is 1.44 bits per heavy atom. The Labute approximate surface area is 93.2 Å². The molecule has 0 aromatic heterocycles. The summed E-state index contributed by atoms with van der Waals surface area (Å²) < 4.78 is 0. The second kappa shape index (κ2) is 4.82. The Kier molecular flexibility index (Phi) is 3.70. The average Bonchev–Trinajstić information content (AvgIpc) is 2.20. The second-order valence-electron chi connectivity index (χ2n) is 3.77. The summed E-state index contributed by atoms with van der Waals surface area (Å²) in [7, 11) is 3.07. The van der Waals surface area contributed by atoms with Crippen molar-refractivity contribution in [2.24, 2.45) is 0 Å². The number of likely N-dealkylation sites (N-methyl/N-ethyl adjacent to an activating group) is 2. The van der Waals surface area contributed by atoms with Crippen LogP contribution in [0.2, 0.25) is 0 Å². The molecule has 0 aliphatic carbocycles. The van der Waals surface area contributed by atoms with Crippen molar-refractivity contribution in [3.8, 4) is 0 Å². The first-order chi connectivity index (χ1) is 7.41. The standard InChI is InChI=1S/C9H15N3O4/c1-10-3-4-12(5-7(10)13)9(16)11(2)6-8(14)15/h3-6H2,1-2H3,(H,14,15). The fourth-order valence-electron chi connectivity index (χ4n) is 1.43. The summed E-state index contributed by atoms with van der Waals surface area (Å²) in [6.07, 6.45) is 0. The maximum absolute atomic E-state index is 11.7. The van der Waals surface area contributed by atoms with Gasteiger partial charge in [0.2, 0.25) is 5.91 Å². The molecule has 16 heavy (non-hydrogen) atoms. The van der Waals surface area contributed by atoms with Crippen molar-refractivity contribution in [1.29, 1.82) is 0 Å². The number of carboxylic acid groups (broad SMARTS) is 1. The van der Waals surface area contributed by atoms with Gasteiger partial charge < -0.3 is 19.8 Å². The lowest BCUT2D eigenvalue weighted by molar-refractivity contribution is -0.137. The molecule has 0 atom stereocenters. The molecule has 1 fully saturated rings. The summed E-state index contributed by atoms with van der Waals surface area (Å²) in [5.41, 5.74) is 0. The Balaban J connectivity index is 2.54. The summed E-state index contributed by atoms with van der Waals surface area (Å²) in [6, 6.07) is -0.427. The zero-order chi connectivity index (χ0) is 12.3. The van der Waals surface area contributed by atoms with Gasteiger partial charge in [-0.1, -0.05) is 0 Å². The minimum absolute atomic E-state index is 0.0132. The van der Waals surface area contributed by atoms with E-state index in [-0.39, 0.29) is 19.0 Å². The summed E-state index contributed by atoms with van der Waals surface area (Å²) in [4.78, 5) is 37.5. The highest BCUT2D eigenvalue weighted by Gasteiger charge is 2.27. The van der Waals surface area contributed by atoms with Crippen LogP contribution in [0.25, 0.3) is 0 Å². The lowest BCUT2D eigenvalue weighted by atomic mass is 10.3. The minimum atomic E-state index is -1.07. The van der Waals surface area contributed by atoms with Gasteiger partial charge in [0.15, 0.2) is 0 Å². The zero-order valence-corrected chi connectivity index (χ0v) is 9.34. The first-order valence-corrected chi connectivity index (χ1v) is 4.87. The fourth-order valence-corrected chi connectivity index (χ4v) is 1.43. The molecule has 1 heterocycles. The predicted octanol–water partition coefficient (Wildman–Crippen LogP) is -1.10. The third kappa shape index (κ3) is 2.85. The number of carbonyl (C=O) groups excluding carboxylic acids is 2. The van der Waals surface area contributed by atoms with Gasteiger partial charge in [0.25, 0.3) is 0 Å². The van der Waals surface area contributed by atoms with E-state index in [1.807, 2.05) is 0 Å². The lowest BCUT2D eigenvalue weighted by Gasteiger charge is -2.34. The molecule has 1 rings (SSSR count). The van der Waals surface area contributed by atoms with Gasteiger partial charge in [-0.05, 0) is 0 Å².